The minimum atomic E-state index is -0.503. The van der Waals surface area contributed by atoms with Gasteiger partial charge in [-0.05, 0) is 0 Å². The molecule has 6 nitrogen and oxygen atoms in total. The van der Waals surface area contributed by atoms with Gasteiger partial charge in [-0.1, -0.05) is 0 Å². The molecule has 0 bridgehead atoms. The molecule has 1 fully saturated rings. The molecule has 1 aliphatic heterocycles. The number of methoxy groups -OCH3 is 1. The molecule has 0 aromatic heterocycles. The normalized spacial score (nSPS) is 22.6. The second-order valence-electron chi connectivity index (χ2n) is 3.95. The van der Waals surface area contributed by atoms with E-state index in [9.17, 15) is 5.11 Å². The fourth-order valence-electron chi connectivity index (χ4n) is 1.49. The average molecular weight is 249 g/mol. The van der Waals surface area contributed by atoms with Crippen molar-refractivity contribution in [1.82, 2.24) is 5.32 Å². The molecule has 0 amide bonds. The molecule has 0 saturated carbocycles. The Hall–Kier alpha value is -0.240. The van der Waals surface area contributed by atoms with Gasteiger partial charge in [0.2, 0.25) is 0 Å². The van der Waals surface area contributed by atoms with Crippen molar-refractivity contribution in [1.29, 1.82) is 0 Å². The molecule has 102 valence electrons. The van der Waals surface area contributed by atoms with Gasteiger partial charge in [-0.25, -0.2) is 0 Å². The number of aliphatic hydroxyl groups excluding tert-OH is 1. The first-order chi connectivity index (χ1) is 8.33. The van der Waals surface area contributed by atoms with Crippen molar-refractivity contribution in [2.45, 2.75) is 12.2 Å². The summed E-state index contributed by atoms with van der Waals surface area (Å²) in [6, 6.07) is 0. The van der Waals surface area contributed by atoms with Crippen LogP contribution in [0.25, 0.3) is 0 Å². The van der Waals surface area contributed by atoms with Crippen LogP contribution in [0.4, 0.5) is 0 Å². The molecule has 1 aliphatic rings. The van der Waals surface area contributed by atoms with E-state index in [1.165, 1.54) is 0 Å². The topological polar surface area (TPSA) is 69.2 Å². The van der Waals surface area contributed by atoms with Crippen molar-refractivity contribution in [2.24, 2.45) is 0 Å². The first-order valence-corrected chi connectivity index (χ1v) is 5.97. The number of rotatable bonds is 9. The number of nitrogens with one attached hydrogen (secondary N) is 1. The molecule has 0 aromatic rings. The molecule has 1 rings (SSSR count). The Labute approximate surface area is 102 Å². The fraction of sp³-hybridized carbons (Fsp3) is 1.00. The lowest BCUT2D eigenvalue weighted by molar-refractivity contribution is -0.0871. The van der Waals surface area contributed by atoms with E-state index in [1.807, 2.05) is 0 Å². The van der Waals surface area contributed by atoms with Gasteiger partial charge in [-0.15, -0.1) is 0 Å². The fourth-order valence-corrected chi connectivity index (χ4v) is 1.49. The molecule has 1 saturated heterocycles. The molecule has 0 radical (unpaired) electrons. The molecule has 1 heterocycles. The van der Waals surface area contributed by atoms with Crippen LogP contribution in [-0.4, -0.2) is 77.2 Å². The summed E-state index contributed by atoms with van der Waals surface area (Å²) in [6.45, 7) is 4.50. The van der Waals surface area contributed by atoms with Gasteiger partial charge in [-0.3, -0.25) is 0 Å². The first-order valence-electron chi connectivity index (χ1n) is 5.97. The smallest absolute Gasteiger partial charge is 0.0933 e. The third kappa shape index (κ3) is 7.64. The molecule has 2 N–H and O–H groups in total. The van der Waals surface area contributed by atoms with Gasteiger partial charge in [0, 0.05) is 20.2 Å². The summed E-state index contributed by atoms with van der Waals surface area (Å²) in [5, 5.41) is 12.7. The van der Waals surface area contributed by atoms with Crippen LogP contribution in [0, 0.1) is 0 Å². The van der Waals surface area contributed by atoms with Gasteiger partial charge in [0.25, 0.3) is 0 Å². The second kappa shape index (κ2) is 9.76. The van der Waals surface area contributed by atoms with Gasteiger partial charge >= 0.3 is 0 Å². The summed E-state index contributed by atoms with van der Waals surface area (Å²) in [7, 11) is 1.62. The predicted molar refractivity (Wildman–Crippen MR) is 62.1 cm³/mol. The summed E-state index contributed by atoms with van der Waals surface area (Å²) in [6.07, 6.45) is -0.415. The third-order valence-corrected chi connectivity index (χ3v) is 2.38. The summed E-state index contributed by atoms with van der Waals surface area (Å²) >= 11 is 0. The van der Waals surface area contributed by atoms with Crippen LogP contribution in [0.5, 0.6) is 0 Å². The van der Waals surface area contributed by atoms with Crippen molar-refractivity contribution in [3.05, 3.63) is 0 Å². The van der Waals surface area contributed by atoms with Gasteiger partial charge in [0.05, 0.1) is 51.8 Å². The van der Waals surface area contributed by atoms with E-state index < -0.39 is 6.10 Å². The van der Waals surface area contributed by atoms with Crippen molar-refractivity contribution in [2.75, 3.05) is 59.8 Å². The number of ether oxygens (including phenoxy) is 4. The molecular weight excluding hydrogens is 226 g/mol. The standard InChI is InChI=1S/C11H23NO5/c1-14-2-3-15-8-10(13)6-12-7-11-9-16-4-5-17-11/h10-13H,2-9H2,1H3. The molecule has 0 spiro atoms. The summed E-state index contributed by atoms with van der Waals surface area (Å²) in [4.78, 5) is 0. The van der Waals surface area contributed by atoms with Crippen molar-refractivity contribution in [3.8, 4) is 0 Å². The zero-order chi connectivity index (χ0) is 12.3. The quantitative estimate of drug-likeness (QED) is 0.512. The Morgan fingerprint density at radius 2 is 2.29 bits per heavy atom. The number of aliphatic hydroxyl groups is 1. The minimum absolute atomic E-state index is 0.0883. The second-order valence-corrected chi connectivity index (χ2v) is 3.95. The zero-order valence-electron chi connectivity index (χ0n) is 10.4. The van der Waals surface area contributed by atoms with Crippen LogP contribution in [0.2, 0.25) is 0 Å². The van der Waals surface area contributed by atoms with Crippen LogP contribution in [-0.2, 0) is 18.9 Å². The van der Waals surface area contributed by atoms with Gasteiger partial charge in [-0.2, -0.15) is 0 Å². The van der Waals surface area contributed by atoms with Crippen LogP contribution >= 0.6 is 0 Å². The Morgan fingerprint density at radius 1 is 1.41 bits per heavy atom. The van der Waals surface area contributed by atoms with E-state index in [2.05, 4.69) is 5.32 Å². The maximum Gasteiger partial charge on any atom is 0.0933 e. The summed E-state index contributed by atoms with van der Waals surface area (Å²) in [5.74, 6) is 0. The number of hydrogen-bond donors (Lipinski definition) is 2. The maximum absolute atomic E-state index is 9.58. The highest BCUT2D eigenvalue weighted by molar-refractivity contribution is 4.66. The van der Waals surface area contributed by atoms with E-state index in [0.29, 0.717) is 52.7 Å². The van der Waals surface area contributed by atoms with Crippen LogP contribution < -0.4 is 5.32 Å². The predicted octanol–water partition coefficient (Wildman–Crippen LogP) is -0.985. The Morgan fingerprint density at radius 3 is 3.00 bits per heavy atom. The van der Waals surface area contributed by atoms with E-state index in [1.54, 1.807) is 7.11 Å². The Bertz CT molecular complexity index is 175. The average Bonchev–Trinajstić information content (AvgIpc) is 2.36. The van der Waals surface area contributed by atoms with E-state index in [4.69, 9.17) is 18.9 Å². The Kier molecular flexibility index (Phi) is 8.50. The minimum Gasteiger partial charge on any atom is -0.389 e. The molecular formula is C11H23NO5. The highest BCUT2D eigenvalue weighted by atomic mass is 16.6. The molecule has 0 aliphatic carbocycles. The SMILES string of the molecule is COCCOCC(O)CNCC1COCCO1. The summed E-state index contributed by atoms with van der Waals surface area (Å²) in [5.41, 5.74) is 0. The van der Waals surface area contributed by atoms with Gasteiger partial charge in [0.1, 0.15) is 0 Å². The lowest BCUT2D eigenvalue weighted by Gasteiger charge is -2.23. The van der Waals surface area contributed by atoms with E-state index in [-0.39, 0.29) is 6.10 Å². The molecule has 6 heteroatoms. The van der Waals surface area contributed by atoms with E-state index in [0.717, 1.165) is 0 Å². The van der Waals surface area contributed by atoms with Crippen LogP contribution in [0.1, 0.15) is 0 Å². The highest BCUT2D eigenvalue weighted by Gasteiger charge is 2.14. The first kappa shape index (κ1) is 14.8. The van der Waals surface area contributed by atoms with Crippen molar-refractivity contribution >= 4 is 0 Å². The van der Waals surface area contributed by atoms with E-state index >= 15 is 0 Å². The summed E-state index contributed by atoms with van der Waals surface area (Å²) < 4.78 is 20.8. The lowest BCUT2D eigenvalue weighted by Crippen LogP contribution is -2.40. The Balaban J connectivity index is 1.90. The van der Waals surface area contributed by atoms with Gasteiger partial charge < -0.3 is 29.4 Å². The number of hydrogen-bond acceptors (Lipinski definition) is 6. The van der Waals surface area contributed by atoms with Crippen molar-refractivity contribution < 1.29 is 24.1 Å². The zero-order valence-corrected chi connectivity index (χ0v) is 10.4. The lowest BCUT2D eigenvalue weighted by atomic mass is 10.3. The third-order valence-electron chi connectivity index (χ3n) is 2.38. The van der Waals surface area contributed by atoms with Crippen LogP contribution in [0.3, 0.4) is 0 Å². The monoisotopic (exact) mass is 249 g/mol. The van der Waals surface area contributed by atoms with Gasteiger partial charge in [0.15, 0.2) is 0 Å². The highest BCUT2D eigenvalue weighted by Crippen LogP contribution is 1.98. The van der Waals surface area contributed by atoms with Crippen LogP contribution in [0.15, 0.2) is 0 Å². The van der Waals surface area contributed by atoms with Crippen molar-refractivity contribution in [3.63, 3.8) is 0 Å². The molecule has 2 unspecified atom stereocenters. The molecule has 0 aromatic carbocycles. The molecule has 17 heavy (non-hydrogen) atoms. The molecule has 2 atom stereocenters. The maximum atomic E-state index is 9.58. The largest absolute Gasteiger partial charge is 0.389 e.